The SMILES string of the molecule is Cl.Nc1nc(CCCCCl)cs1. The van der Waals surface area contributed by atoms with Gasteiger partial charge in [0, 0.05) is 11.3 Å². The van der Waals surface area contributed by atoms with E-state index in [0.29, 0.717) is 5.13 Å². The molecule has 0 unspecified atom stereocenters. The van der Waals surface area contributed by atoms with Gasteiger partial charge in [-0.1, -0.05) is 0 Å². The summed E-state index contributed by atoms with van der Waals surface area (Å²) < 4.78 is 0. The lowest BCUT2D eigenvalue weighted by molar-refractivity contribution is 0.786. The van der Waals surface area contributed by atoms with Gasteiger partial charge < -0.3 is 5.73 Å². The van der Waals surface area contributed by atoms with E-state index in [1.54, 1.807) is 0 Å². The topological polar surface area (TPSA) is 38.9 Å². The van der Waals surface area contributed by atoms with Gasteiger partial charge in [0.05, 0.1) is 5.69 Å². The minimum atomic E-state index is 0. The maximum absolute atomic E-state index is 5.53. The molecule has 0 saturated heterocycles. The van der Waals surface area contributed by atoms with Gasteiger partial charge in [0.25, 0.3) is 0 Å². The number of rotatable bonds is 4. The Morgan fingerprint density at radius 2 is 2.25 bits per heavy atom. The van der Waals surface area contributed by atoms with Crippen molar-refractivity contribution >= 4 is 40.5 Å². The molecule has 2 nitrogen and oxygen atoms in total. The fraction of sp³-hybridized carbons (Fsp3) is 0.571. The lowest BCUT2D eigenvalue weighted by atomic mass is 10.2. The summed E-state index contributed by atoms with van der Waals surface area (Å²) in [6.45, 7) is 0. The number of aryl methyl sites for hydroxylation is 1. The molecule has 0 aliphatic heterocycles. The Morgan fingerprint density at radius 3 is 2.75 bits per heavy atom. The van der Waals surface area contributed by atoms with Crippen molar-refractivity contribution in [3.63, 3.8) is 0 Å². The van der Waals surface area contributed by atoms with E-state index in [1.807, 2.05) is 5.38 Å². The Hall–Kier alpha value is 0.01000. The van der Waals surface area contributed by atoms with Crippen LogP contribution in [-0.4, -0.2) is 10.9 Å². The first kappa shape index (κ1) is 12.0. The predicted octanol–water partition coefficient (Wildman–Crippen LogP) is 2.71. The van der Waals surface area contributed by atoms with Crippen LogP contribution >= 0.6 is 35.3 Å². The largest absolute Gasteiger partial charge is 0.375 e. The number of anilines is 1. The second kappa shape index (κ2) is 6.52. The molecule has 1 aromatic heterocycles. The fourth-order valence-corrected chi connectivity index (χ4v) is 1.62. The Bertz CT molecular complexity index is 215. The quantitative estimate of drug-likeness (QED) is 0.634. The van der Waals surface area contributed by atoms with Gasteiger partial charge in [0.2, 0.25) is 0 Å². The highest BCUT2D eigenvalue weighted by atomic mass is 35.5. The van der Waals surface area contributed by atoms with Crippen molar-refractivity contribution in [2.45, 2.75) is 19.3 Å². The Kier molecular flexibility index (Phi) is 6.52. The lowest BCUT2D eigenvalue weighted by Crippen LogP contribution is -1.88. The van der Waals surface area contributed by atoms with E-state index in [0.717, 1.165) is 30.8 Å². The number of nitrogens with two attached hydrogens (primary N) is 1. The van der Waals surface area contributed by atoms with Crippen molar-refractivity contribution in [1.29, 1.82) is 0 Å². The van der Waals surface area contributed by atoms with Crippen molar-refractivity contribution in [2.75, 3.05) is 11.6 Å². The van der Waals surface area contributed by atoms with E-state index < -0.39 is 0 Å². The van der Waals surface area contributed by atoms with E-state index >= 15 is 0 Å². The predicted molar refractivity (Wildman–Crippen MR) is 57.4 cm³/mol. The first-order valence-electron chi connectivity index (χ1n) is 3.59. The molecular formula is C7H12Cl2N2S. The van der Waals surface area contributed by atoms with Gasteiger partial charge in [0.15, 0.2) is 5.13 Å². The van der Waals surface area contributed by atoms with Crippen LogP contribution in [0.1, 0.15) is 18.5 Å². The number of thiazole rings is 1. The van der Waals surface area contributed by atoms with Gasteiger partial charge in [0.1, 0.15) is 0 Å². The number of unbranched alkanes of at least 4 members (excludes halogenated alkanes) is 1. The van der Waals surface area contributed by atoms with Crippen LogP contribution in [0.4, 0.5) is 5.13 Å². The standard InChI is InChI=1S/C7H11ClN2S.ClH/c8-4-2-1-3-6-5-11-7(9)10-6;/h5H,1-4H2,(H2,9,10);1H. The van der Waals surface area contributed by atoms with E-state index in [1.165, 1.54) is 11.3 Å². The van der Waals surface area contributed by atoms with Gasteiger partial charge in [-0.15, -0.1) is 35.3 Å². The molecule has 1 rings (SSSR count). The number of halogens is 2. The zero-order valence-electron chi connectivity index (χ0n) is 6.62. The normalized spacial score (nSPS) is 9.42. The van der Waals surface area contributed by atoms with Crippen molar-refractivity contribution in [1.82, 2.24) is 4.98 Å². The summed E-state index contributed by atoms with van der Waals surface area (Å²) in [5, 5.41) is 2.66. The zero-order valence-corrected chi connectivity index (χ0v) is 9.01. The van der Waals surface area contributed by atoms with Crippen molar-refractivity contribution < 1.29 is 0 Å². The van der Waals surface area contributed by atoms with Crippen molar-refractivity contribution in [3.05, 3.63) is 11.1 Å². The lowest BCUT2D eigenvalue weighted by Gasteiger charge is -1.92. The number of hydrogen-bond donors (Lipinski definition) is 1. The summed E-state index contributed by atoms with van der Waals surface area (Å²) in [4.78, 5) is 4.14. The van der Waals surface area contributed by atoms with Crippen LogP contribution in [0.25, 0.3) is 0 Å². The molecule has 0 aromatic carbocycles. The number of hydrogen-bond acceptors (Lipinski definition) is 3. The summed E-state index contributed by atoms with van der Waals surface area (Å²) in [5.74, 6) is 0.736. The summed E-state index contributed by atoms with van der Waals surface area (Å²) in [7, 11) is 0. The molecule has 0 aliphatic carbocycles. The first-order valence-corrected chi connectivity index (χ1v) is 5.00. The van der Waals surface area contributed by atoms with Crippen LogP contribution < -0.4 is 5.73 Å². The van der Waals surface area contributed by atoms with Gasteiger partial charge in [-0.3, -0.25) is 0 Å². The van der Waals surface area contributed by atoms with E-state index in [2.05, 4.69) is 4.98 Å². The highest BCUT2D eigenvalue weighted by molar-refractivity contribution is 7.13. The minimum Gasteiger partial charge on any atom is -0.375 e. The molecule has 1 heterocycles. The van der Waals surface area contributed by atoms with Gasteiger partial charge in [-0.05, 0) is 19.3 Å². The highest BCUT2D eigenvalue weighted by Crippen LogP contribution is 2.13. The number of nitrogen functional groups attached to an aromatic ring is 1. The van der Waals surface area contributed by atoms with Crippen LogP contribution in [0.3, 0.4) is 0 Å². The molecule has 70 valence electrons. The molecule has 12 heavy (non-hydrogen) atoms. The second-order valence-electron chi connectivity index (χ2n) is 2.32. The third-order valence-electron chi connectivity index (χ3n) is 1.39. The van der Waals surface area contributed by atoms with Crippen LogP contribution in [-0.2, 0) is 6.42 Å². The van der Waals surface area contributed by atoms with E-state index in [9.17, 15) is 0 Å². The first-order chi connectivity index (χ1) is 5.33. The van der Waals surface area contributed by atoms with Gasteiger partial charge >= 0.3 is 0 Å². The third kappa shape index (κ3) is 4.14. The summed E-state index contributed by atoms with van der Waals surface area (Å²) in [6.07, 6.45) is 3.16. The molecule has 0 bridgehead atoms. The maximum atomic E-state index is 5.53. The Morgan fingerprint density at radius 1 is 1.50 bits per heavy atom. The number of aromatic nitrogens is 1. The van der Waals surface area contributed by atoms with Crippen LogP contribution in [0.2, 0.25) is 0 Å². The molecule has 0 spiro atoms. The van der Waals surface area contributed by atoms with Crippen molar-refractivity contribution in [3.8, 4) is 0 Å². The average molecular weight is 227 g/mol. The van der Waals surface area contributed by atoms with Gasteiger partial charge in [-0.25, -0.2) is 4.98 Å². The molecular weight excluding hydrogens is 215 g/mol. The summed E-state index contributed by atoms with van der Waals surface area (Å²) >= 11 is 7.03. The third-order valence-corrected chi connectivity index (χ3v) is 2.38. The van der Waals surface area contributed by atoms with E-state index in [-0.39, 0.29) is 12.4 Å². The zero-order chi connectivity index (χ0) is 8.10. The number of nitrogens with zero attached hydrogens (tertiary/aromatic N) is 1. The molecule has 1 aromatic rings. The molecule has 0 radical (unpaired) electrons. The summed E-state index contributed by atoms with van der Waals surface area (Å²) in [5.41, 5.74) is 6.56. The van der Waals surface area contributed by atoms with Crippen LogP contribution in [0.15, 0.2) is 5.38 Å². The summed E-state index contributed by atoms with van der Waals surface area (Å²) in [6, 6.07) is 0. The molecule has 0 atom stereocenters. The molecule has 0 amide bonds. The molecule has 0 fully saturated rings. The molecule has 2 N–H and O–H groups in total. The molecule has 0 saturated carbocycles. The maximum Gasteiger partial charge on any atom is 0.180 e. The monoisotopic (exact) mass is 226 g/mol. The average Bonchev–Trinajstić information content (AvgIpc) is 2.37. The van der Waals surface area contributed by atoms with Crippen LogP contribution in [0.5, 0.6) is 0 Å². The second-order valence-corrected chi connectivity index (χ2v) is 3.59. The Balaban J connectivity index is 0.00000121. The van der Waals surface area contributed by atoms with Crippen LogP contribution in [0, 0.1) is 0 Å². The number of alkyl halides is 1. The molecule has 0 aliphatic rings. The minimum absolute atomic E-state index is 0. The highest BCUT2D eigenvalue weighted by Gasteiger charge is 1.97. The van der Waals surface area contributed by atoms with Gasteiger partial charge in [-0.2, -0.15) is 0 Å². The Labute approximate surface area is 87.5 Å². The fourth-order valence-electron chi connectivity index (χ4n) is 0.838. The van der Waals surface area contributed by atoms with Crippen molar-refractivity contribution in [2.24, 2.45) is 0 Å². The smallest absolute Gasteiger partial charge is 0.180 e. The molecule has 5 heteroatoms. The van der Waals surface area contributed by atoms with E-state index in [4.69, 9.17) is 17.3 Å².